The van der Waals surface area contributed by atoms with Crippen LogP contribution in [0.5, 0.6) is 0 Å². The first-order valence-corrected chi connectivity index (χ1v) is 7.57. The highest BCUT2D eigenvalue weighted by Gasteiger charge is 2.13. The van der Waals surface area contributed by atoms with Gasteiger partial charge in [0.25, 0.3) is 0 Å². The van der Waals surface area contributed by atoms with E-state index in [0.717, 1.165) is 30.0 Å². The number of hydrogen-bond acceptors (Lipinski definition) is 3. The summed E-state index contributed by atoms with van der Waals surface area (Å²) in [4.78, 5) is 6.47. The molecule has 1 fully saturated rings. The molecule has 0 saturated carbocycles. The number of ether oxygens (including phenoxy) is 1. The van der Waals surface area contributed by atoms with Crippen LogP contribution in [0.1, 0.15) is 11.3 Å². The monoisotopic (exact) mass is 317 g/mol. The average molecular weight is 317 g/mol. The normalized spacial score (nSPS) is 15.9. The van der Waals surface area contributed by atoms with Gasteiger partial charge in [0.2, 0.25) is 0 Å². The molecule has 1 aliphatic rings. The van der Waals surface area contributed by atoms with Crippen molar-refractivity contribution in [2.75, 3.05) is 26.3 Å². The number of aliphatic imine (C=N–C) groups is 1. The Morgan fingerprint density at radius 2 is 2.00 bits per heavy atom. The van der Waals surface area contributed by atoms with Crippen molar-refractivity contribution in [1.29, 1.82) is 0 Å². The number of rotatable bonds is 3. The summed E-state index contributed by atoms with van der Waals surface area (Å²) in [5, 5.41) is 4.45. The summed E-state index contributed by atoms with van der Waals surface area (Å²) in [5.74, 6) is 0.267. The lowest BCUT2D eigenvalue weighted by atomic mass is 10.2. The maximum atomic E-state index is 13.0. The van der Waals surface area contributed by atoms with Crippen molar-refractivity contribution in [1.82, 2.24) is 14.7 Å². The zero-order chi connectivity index (χ0) is 16.2. The van der Waals surface area contributed by atoms with Crippen molar-refractivity contribution < 1.29 is 9.13 Å². The Kier molecular flexibility index (Phi) is 4.57. The van der Waals surface area contributed by atoms with Crippen molar-refractivity contribution in [3.05, 3.63) is 47.5 Å². The predicted octanol–water partition coefficient (Wildman–Crippen LogP) is 1.47. The summed E-state index contributed by atoms with van der Waals surface area (Å²) >= 11 is 0. The number of guanidine groups is 1. The van der Waals surface area contributed by atoms with Gasteiger partial charge in [0, 0.05) is 24.8 Å². The second-order valence-corrected chi connectivity index (χ2v) is 5.43. The number of aryl methyl sites for hydroxylation is 1. The Morgan fingerprint density at radius 3 is 2.70 bits per heavy atom. The molecular weight excluding hydrogens is 297 g/mol. The van der Waals surface area contributed by atoms with Gasteiger partial charge in [-0.25, -0.2) is 14.1 Å². The number of aromatic nitrogens is 2. The smallest absolute Gasteiger partial charge is 0.191 e. The number of hydrogen-bond donors (Lipinski definition) is 1. The van der Waals surface area contributed by atoms with Gasteiger partial charge in [-0.15, -0.1) is 0 Å². The third-order valence-electron chi connectivity index (χ3n) is 3.84. The van der Waals surface area contributed by atoms with Crippen LogP contribution in [0.25, 0.3) is 5.69 Å². The van der Waals surface area contributed by atoms with Crippen LogP contribution < -0.4 is 5.73 Å². The van der Waals surface area contributed by atoms with Crippen LogP contribution in [-0.4, -0.2) is 46.9 Å². The molecule has 0 bridgehead atoms. The van der Waals surface area contributed by atoms with Crippen LogP contribution in [0, 0.1) is 12.7 Å². The molecule has 0 amide bonds. The van der Waals surface area contributed by atoms with E-state index in [1.165, 1.54) is 12.1 Å². The van der Waals surface area contributed by atoms with Gasteiger partial charge in [-0.2, -0.15) is 5.10 Å². The van der Waals surface area contributed by atoms with E-state index < -0.39 is 0 Å². The zero-order valence-corrected chi connectivity index (χ0v) is 13.1. The van der Waals surface area contributed by atoms with Gasteiger partial charge in [-0.3, -0.25) is 0 Å². The molecule has 1 saturated heterocycles. The third kappa shape index (κ3) is 3.68. The van der Waals surface area contributed by atoms with Gasteiger partial charge in [0.15, 0.2) is 5.96 Å². The number of nitrogens with two attached hydrogens (primary N) is 1. The fraction of sp³-hybridized carbons (Fsp3) is 0.375. The Hall–Kier alpha value is -2.41. The molecule has 7 heteroatoms. The lowest BCUT2D eigenvalue weighted by molar-refractivity contribution is 0.0674. The van der Waals surface area contributed by atoms with E-state index in [1.807, 2.05) is 18.0 Å². The molecule has 122 valence electrons. The molecule has 0 radical (unpaired) electrons. The first-order valence-electron chi connectivity index (χ1n) is 7.57. The average Bonchev–Trinajstić information content (AvgIpc) is 2.95. The maximum absolute atomic E-state index is 13.0. The highest BCUT2D eigenvalue weighted by molar-refractivity contribution is 5.78. The van der Waals surface area contributed by atoms with Crippen LogP contribution in [-0.2, 0) is 11.3 Å². The van der Waals surface area contributed by atoms with Gasteiger partial charge in [0.1, 0.15) is 5.82 Å². The van der Waals surface area contributed by atoms with Crippen molar-refractivity contribution in [2.45, 2.75) is 13.5 Å². The molecule has 0 atom stereocenters. The van der Waals surface area contributed by atoms with E-state index in [4.69, 9.17) is 10.5 Å². The van der Waals surface area contributed by atoms with Crippen LogP contribution in [0.3, 0.4) is 0 Å². The summed E-state index contributed by atoms with van der Waals surface area (Å²) < 4.78 is 20.0. The second-order valence-electron chi connectivity index (χ2n) is 5.43. The summed E-state index contributed by atoms with van der Waals surface area (Å²) in [7, 11) is 0. The van der Waals surface area contributed by atoms with Crippen molar-refractivity contribution in [2.24, 2.45) is 10.7 Å². The van der Waals surface area contributed by atoms with E-state index in [2.05, 4.69) is 10.1 Å². The Balaban J connectivity index is 1.72. The molecule has 1 aromatic carbocycles. The molecule has 2 N–H and O–H groups in total. The Labute approximate surface area is 134 Å². The number of morpholine rings is 1. The molecular formula is C16H20FN5O. The predicted molar refractivity (Wildman–Crippen MR) is 86.0 cm³/mol. The van der Waals surface area contributed by atoms with E-state index >= 15 is 0 Å². The third-order valence-corrected chi connectivity index (χ3v) is 3.84. The SMILES string of the molecule is Cc1nn(-c2ccc(F)cc2)cc1CN=C(N)N1CCOCC1. The van der Waals surface area contributed by atoms with E-state index in [9.17, 15) is 4.39 Å². The summed E-state index contributed by atoms with van der Waals surface area (Å²) in [6.07, 6.45) is 1.90. The van der Waals surface area contributed by atoms with E-state index in [1.54, 1.807) is 16.8 Å². The lowest BCUT2D eigenvalue weighted by Gasteiger charge is -2.27. The minimum atomic E-state index is -0.263. The Morgan fingerprint density at radius 1 is 1.30 bits per heavy atom. The molecule has 0 spiro atoms. The molecule has 2 aromatic rings. The largest absolute Gasteiger partial charge is 0.378 e. The fourth-order valence-corrected chi connectivity index (χ4v) is 2.44. The Bertz CT molecular complexity index is 689. The van der Waals surface area contributed by atoms with Gasteiger partial charge in [-0.1, -0.05) is 0 Å². The van der Waals surface area contributed by atoms with E-state index in [-0.39, 0.29) is 5.82 Å². The number of benzene rings is 1. The summed E-state index contributed by atoms with van der Waals surface area (Å²) in [5.41, 5.74) is 8.72. The highest BCUT2D eigenvalue weighted by Crippen LogP contribution is 2.13. The van der Waals surface area contributed by atoms with Crippen molar-refractivity contribution in [3.63, 3.8) is 0 Å². The molecule has 6 nitrogen and oxygen atoms in total. The minimum absolute atomic E-state index is 0.263. The second kappa shape index (κ2) is 6.78. The van der Waals surface area contributed by atoms with Crippen LogP contribution in [0.4, 0.5) is 4.39 Å². The molecule has 0 aliphatic carbocycles. The lowest BCUT2D eigenvalue weighted by Crippen LogP contribution is -2.44. The molecule has 2 heterocycles. The number of halogens is 1. The quantitative estimate of drug-likeness (QED) is 0.687. The highest BCUT2D eigenvalue weighted by atomic mass is 19.1. The molecule has 0 unspecified atom stereocenters. The van der Waals surface area contributed by atoms with Gasteiger partial charge >= 0.3 is 0 Å². The zero-order valence-electron chi connectivity index (χ0n) is 13.1. The van der Waals surface area contributed by atoms with Crippen molar-refractivity contribution in [3.8, 4) is 5.69 Å². The fourth-order valence-electron chi connectivity index (χ4n) is 2.44. The summed E-state index contributed by atoms with van der Waals surface area (Å²) in [6.45, 7) is 5.29. The number of nitrogens with zero attached hydrogens (tertiary/aromatic N) is 4. The van der Waals surface area contributed by atoms with Crippen LogP contribution in [0.15, 0.2) is 35.5 Å². The van der Waals surface area contributed by atoms with Crippen molar-refractivity contribution >= 4 is 5.96 Å². The van der Waals surface area contributed by atoms with Crippen LogP contribution >= 0.6 is 0 Å². The molecule has 3 rings (SSSR count). The first kappa shape index (κ1) is 15.5. The van der Waals surface area contributed by atoms with E-state index in [0.29, 0.717) is 25.7 Å². The first-order chi connectivity index (χ1) is 11.1. The topological polar surface area (TPSA) is 68.7 Å². The summed E-state index contributed by atoms with van der Waals surface area (Å²) in [6, 6.07) is 6.22. The standard InChI is InChI=1S/C16H20FN5O/c1-12-13(10-19-16(18)21-6-8-23-9-7-21)11-22(20-12)15-4-2-14(17)3-5-15/h2-5,11H,6-10H2,1H3,(H2,18,19). The molecule has 1 aromatic heterocycles. The van der Waals surface area contributed by atoms with Gasteiger partial charge in [0.05, 0.1) is 31.1 Å². The van der Waals surface area contributed by atoms with Gasteiger partial charge in [-0.05, 0) is 31.2 Å². The van der Waals surface area contributed by atoms with Gasteiger partial charge < -0.3 is 15.4 Å². The molecule has 1 aliphatic heterocycles. The maximum Gasteiger partial charge on any atom is 0.191 e. The minimum Gasteiger partial charge on any atom is -0.378 e. The molecule has 23 heavy (non-hydrogen) atoms. The van der Waals surface area contributed by atoms with Crippen LogP contribution in [0.2, 0.25) is 0 Å².